The van der Waals surface area contributed by atoms with Crippen LogP contribution in [0.1, 0.15) is 46.6 Å². The van der Waals surface area contributed by atoms with Gasteiger partial charge in [-0.05, 0) is 32.3 Å². The maximum absolute atomic E-state index is 13.4. The molecule has 1 unspecified atom stereocenters. The average Bonchev–Trinajstić information content (AvgIpc) is 3.33. The second-order valence-corrected chi connectivity index (χ2v) is 11.0. The molecule has 40 heavy (non-hydrogen) atoms. The van der Waals surface area contributed by atoms with Crippen LogP contribution in [0, 0.1) is 5.92 Å². The third-order valence-corrected chi connectivity index (χ3v) is 6.81. The number of hydrogen-bond donors (Lipinski definition) is 6. The number of carbonyl (C=O) groups is 4. The minimum Gasteiger partial charge on any atom is -0.480 e. The van der Waals surface area contributed by atoms with E-state index in [1.54, 1.807) is 52.0 Å². The topological polar surface area (TPSA) is 199 Å². The van der Waals surface area contributed by atoms with Crippen molar-refractivity contribution in [1.82, 2.24) is 16.0 Å². The van der Waals surface area contributed by atoms with Gasteiger partial charge in [0.05, 0.1) is 0 Å². The van der Waals surface area contributed by atoms with E-state index in [1.165, 1.54) is 6.92 Å². The smallest absolute Gasteiger partial charge is 0.325 e. The molecule has 2 saturated heterocycles. The number of carboxylic acids is 1. The fraction of sp³-hybridized carbons (Fsp3) is 0.630. The zero-order valence-electron chi connectivity index (χ0n) is 23.3. The van der Waals surface area contributed by atoms with E-state index >= 15 is 0 Å². The van der Waals surface area contributed by atoms with E-state index in [1.807, 2.05) is 6.07 Å². The molecule has 13 heteroatoms. The van der Waals surface area contributed by atoms with Crippen LogP contribution in [0.25, 0.3) is 0 Å². The number of carbonyl (C=O) groups excluding carboxylic acids is 3. The van der Waals surface area contributed by atoms with Gasteiger partial charge < -0.3 is 46.1 Å². The fourth-order valence-electron chi connectivity index (χ4n) is 4.67. The van der Waals surface area contributed by atoms with Crippen LogP contribution < -0.4 is 21.7 Å². The van der Waals surface area contributed by atoms with Crippen LogP contribution in [-0.2, 0) is 39.8 Å². The number of benzene rings is 1. The Morgan fingerprint density at radius 1 is 1.00 bits per heavy atom. The molecule has 2 fully saturated rings. The predicted octanol–water partition coefficient (Wildman–Crippen LogP) is -0.601. The van der Waals surface area contributed by atoms with Crippen LogP contribution in [0.2, 0.25) is 0 Å². The molecular weight excluding hydrogens is 524 g/mol. The summed E-state index contributed by atoms with van der Waals surface area (Å²) in [4.78, 5) is 50.3. The number of fused-ring (bicyclic) bond motifs is 1. The van der Waals surface area contributed by atoms with Crippen molar-refractivity contribution in [1.29, 1.82) is 0 Å². The highest BCUT2D eigenvalue weighted by Gasteiger charge is 2.55. The van der Waals surface area contributed by atoms with Gasteiger partial charge in [-0.1, -0.05) is 44.2 Å². The normalized spacial score (nSPS) is 26.3. The quantitative estimate of drug-likeness (QED) is 0.191. The highest BCUT2D eigenvalue weighted by molar-refractivity contribution is 5.93. The molecule has 7 N–H and O–H groups in total. The number of hydrogen-bond acceptors (Lipinski definition) is 9. The van der Waals surface area contributed by atoms with Gasteiger partial charge in [0.25, 0.3) is 0 Å². The number of rotatable bonds is 12. The van der Waals surface area contributed by atoms with Crippen molar-refractivity contribution in [2.24, 2.45) is 11.7 Å². The molecule has 0 bridgehead atoms. The molecule has 1 aromatic carbocycles. The van der Waals surface area contributed by atoms with Crippen LogP contribution in [0.3, 0.4) is 0 Å². The lowest BCUT2D eigenvalue weighted by molar-refractivity contribution is -0.217. The Labute approximate surface area is 233 Å². The van der Waals surface area contributed by atoms with Crippen molar-refractivity contribution in [3.8, 4) is 0 Å². The molecule has 0 radical (unpaired) electrons. The summed E-state index contributed by atoms with van der Waals surface area (Å²) in [5.41, 5.74) is 6.98. The zero-order chi connectivity index (χ0) is 29.8. The van der Waals surface area contributed by atoms with Crippen molar-refractivity contribution in [3.63, 3.8) is 0 Å². The first-order valence-electron chi connectivity index (χ1n) is 13.3. The molecule has 2 heterocycles. The van der Waals surface area contributed by atoms with Gasteiger partial charge in [-0.25, -0.2) is 0 Å². The molecule has 3 amide bonds. The highest BCUT2D eigenvalue weighted by Crippen LogP contribution is 2.38. The van der Waals surface area contributed by atoms with Crippen molar-refractivity contribution in [2.45, 2.75) is 102 Å². The molecule has 2 aliphatic rings. The summed E-state index contributed by atoms with van der Waals surface area (Å²) in [7, 11) is 0. The van der Waals surface area contributed by atoms with Crippen LogP contribution in [0.15, 0.2) is 30.3 Å². The summed E-state index contributed by atoms with van der Waals surface area (Å²) in [5.74, 6) is -4.36. The van der Waals surface area contributed by atoms with Crippen molar-refractivity contribution in [3.05, 3.63) is 35.9 Å². The summed E-state index contributed by atoms with van der Waals surface area (Å²) in [6.45, 7) is 8.12. The number of amides is 3. The Hall–Kier alpha value is -3.10. The van der Waals surface area contributed by atoms with Gasteiger partial charge in [-0.15, -0.1) is 0 Å². The number of aliphatic hydroxyl groups excluding tert-OH is 1. The predicted molar refractivity (Wildman–Crippen MR) is 141 cm³/mol. The van der Waals surface area contributed by atoms with Crippen LogP contribution >= 0.6 is 0 Å². The number of carboxylic acid groups (broad SMARTS) is 1. The molecular formula is C27H40N4O9. The molecule has 0 saturated carbocycles. The number of aliphatic hydroxyl groups is 1. The molecule has 2 aliphatic heterocycles. The molecule has 13 nitrogen and oxygen atoms in total. The van der Waals surface area contributed by atoms with Crippen LogP contribution in [0.4, 0.5) is 0 Å². The summed E-state index contributed by atoms with van der Waals surface area (Å²) in [6.07, 6.45) is -3.75. The van der Waals surface area contributed by atoms with Crippen molar-refractivity contribution in [2.75, 3.05) is 0 Å². The van der Waals surface area contributed by atoms with E-state index in [9.17, 15) is 24.3 Å². The lowest BCUT2D eigenvalue weighted by atomic mass is 9.99. The van der Waals surface area contributed by atoms with Gasteiger partial charge in [0.1, 0.15) is 36.4 Å². The van der Waals surface area contributed by atoms with Gasteiger partial charge >= 0.3 is 5.97 Å². The zero-order valence-corrected chi connectivity index (χ0v) is 23.3. The van der Waals surface area contributed by atoms with E-state index in [4.69, 9.17) is 25.1 Å². The van der Waals surface area contributed by atoms with Crippen LogP contribution in [0.5, 0.6) is 0 Å². The highest BCUT2D eigenvalue weighted by atomic mass is 16.8. The summed E-state index contributed by atoms with van der Waals surface area (Å²) < 4.78 is 17.0. The Balaban J connectivity index is 1.67. The van der Waals surface area contributed by atoms with Gasteiger partial charge in [-0.2, -0.15) is 0 Å². The van der Waals surface area contributed by atoms with Crippen LogP contribution in [-0.4, -0.2) is 88.5 Å². The largest absolute Gasteiger partial charge is 0.480 e. The summed E-state index contributed by atoms with van der Waals surface area (Å²) in [6, 6.07) is 4.79. The first-order chi connectivity index (χ1) is 18.7. The minimum atomic E-state index is -1.21. The maximum atomic E-state index is 13.4. The maximum Gasteiger partial charge on any atom is 0.325 e. The monoisotopic (exact) mass is 564 g/mol. The van der Waals surface area contributed by atoms with Gasteiger partial charge in [0.2, 0.25) is 17.7 Å². The Morgan fingerprint density at radius 3 is 2.23 bits per heavy atom. The third-order valence-electron chi connectivity index (χ3n) is 6.81. The first-order valence-corrected chi connectivity index (χ1v) is 13.3. The summed E-state index contributed by atoms with van der Waals surface area (Å²) >= 11 is 0. The molecule has 3 rings (SSSR count). The van der Waals surface area contributed by atoms with Gasteiger partial charge in [-0.3, -0.25) is 19.2 Å². The molecule has 222 valence electrons. The van der Waals surface area contributed by atoms with E-state index < -0.39 is 78.2 Å². The summed E-state index contributed by atoms with van der Waals surface area (Å²) in [5, 5.41) is 27.5. The second-order valence-electron chi connectivity index (χ2n) is 11.0. The number of nitrogens with one attached hydrogen (secondary N) is 3. The Kier molecular flexibility index (Phi) is 10.2. The van der Waals surface area contributed by atoms with Gasteiger partial charge in [0, 0.05) is 18.9 Å². The molecule has 0 aromatic heterocycles. The third kappa shape index (κ3) is 7.98. The number of ether oxygens (including phenoxy) is 3. The molecule has 0 spiro atoms. The van der Waals surface area contributed by atoms with E-state index in [-0.39, 0.29) is 18.8 Å². The SMILES string of the molecule is CC(C)[C@H](NC(=O)[C@H](Cc1ccccc1)NC(=O)C[C@H](N)C1O[C@@H]2OC(C)(C)O[C@@H]2[C@H]1O)C(=O)N[C@@H](C)C(=O)O. The lowest BCUT2D eigenvalue weighted by Crippen LogP contribution is -2.58. The molecule has 8 atom stereocenters. The van der Waals surface area contributed by atoms with E-state index in [0.717, 1.165) is 5.56 Å². The first kappa shape index (κ1) is 31.4. The second kappa shape index (κ2) is 13.0. The van der Waals surface area contributed by atoms with Crippen molar-refractivity contribution < 1.29 is 43.6 Å². The lowest BCUT2D eigenvalue weighted by Gasteiger charge is -2.28. The Morgan fingerprint density at radius 2 is 1.65 bits per heavy atom. The molecule has 1 aromatic rings. The minimum absolute atomic E-state index is 0.120. The standard InChI is InChI=1S/C27H40N4O9/c1-13(2)19(24(35)29-14(3)25(36)37)31-23(34)17(11-15-9-7-6-8-10-15)30-18(32)12-16(28)21-20(33)22-26(38-21)40-27(4,5)39-22/h6-10,13-14,16-17,19-22,26,33H,11-12,28H2,1-5H3,(H,29,35)(H,30,32)(H,31,34)(H,36,37)/t14-,16-,17-,19-,20-,21?,22+,26+/m0/s1. The molecule has 0 aliphatic carbocycles. The Bertz CT molecular complexity index is 1070. The van der Waals surface area contributed by atoms with Crippen molar-refractivity contribution >= 4 is 23.7 Å². The number of aliphatic carboxylic acids is 1. The van der Waals surface area contributed by atoms with E-state index in [2.05, 4.69) is 16.0 Å². The average molecular weight is 565 g/mol. The number of nitrogens with two attached hydrogens (primary N) is 1. The van der Waals surface area contributed by atoms with E-state index in [0.29, 0.717) is 0 Å². The van der Waals surface area contributed by atoms with Gasteiger partial charge in [0.15, 0.2) is 12.1 Å². The fourth-order valence-corrected chi connectivity index (χ4v) is 4.67.